The smallest absolute Gasteiger partial charge is 0.186 e. The molecule has 2 aliphatic rings. The summed E-state index contributed by atoms with van der Waals surface area (Å²) in [5, 5.41) is 1.23. The van der Waals surface area contributed by atoms with Crippen LogP contribution in [0.4, 0.5) is 5.13 Å². The predicted molar refractivity (Wildman–Crippen MR) is 91.0 cm³/mol. The lowest BCUT2D eigenvalue weighted by Gasteiger charge is -2.44. The van der Waals surface area contributed by atoms with Crippen LogP contribution in [0.2, 0.25) is 0 Å². The van der Waals surface area contributed by atoms with Gasteiger partial charge in [0, 0.05) is 29.4 Å². The second kappa shape index (κ2) is 5.88. The Hall–Kier alpha value is -0.610. The summed E-state index contributed by atoms with van der Waals surface area (Å²) < 4.78 is 0. The van der Waals surface area contributed by atoms with Crippen LogP contribution in [0.3, 0.4) is 0 Å². The van der Waals surface area contributed by atoms with E-state index in [1.54, 1.807) is 0 Å². The van der Waals surface area contributed by atoms with Crippen molar-refractivity contribution in [2.75, 3.05) is 11.4 Å². The van der Waals surface area contributed by atoms with Gasteiger partial charge in [0.25, 0.3) is 0 Å². The quantitative estimate of drug-likeness (QED) is 0.896. The molecule has 118 valence electrons. The van der Waals surface area contributed by atoms with Crippen molar-refractivity contribution < 1.29 is 0 Å². The van der Waals surface area contributed by atoms with Crippen molar-refractivity contribution in [3.05, 3.63) is 10.6 Å². The van der Waals surface area contributed by atoms with Crippen LogP contribution < -0.4 is 10.6 Å². The van der Waals surface area contributed by atoms with Crippen molar-refractivity contribution in [2.45, 2.75) is 77.3 Å². The van der Waals surface area contributed by atoms with Gasteiger partial charge >= 0.3 is 0 Å². The lowest BCUT2D eigenvalue weighted by molar-refractivity contribution is 0.243. The second-order valence-electron chi connectivity index (χ2n) is 7.67. The third-order valence-corrected chi connectivity index (χ3v) is 6.19. The fourth-order valence-corrected chi connectivity index (χ4v) is 5.28. The molecule has 2 atom stereocenters. The minimum Gasteiger partial charge on any atom is -0.345 e. The van der Waals surface area contributed by atoms with Crippen molar-refractivity contribution in [3.8, 4) is 0 Å². The predicted octanol–water partition coefficient (Wildman–Crippen LogP) is 4.06. The van der Waals surface area contributed by atoms with E-state index in [0.29, 0.717) is 6.54 Å². The molecular weight excluding hydrogens is 278 g/mol. The largest absolute Gasteiger partial charge is 0.345 e. The van der Waals surface area contributed by atoms with Crippen LogP contribution >= 0.6 is 11.3 Å². The van der Waals surface area contributed by atoms with E-state index in [9.17, 15) is 0 Å². The van der Waals surface area contributed by atoms with E-state index in [0.717, 1.165) is 12.0 Å². The zero-order chi connectivity index (χ0) is 15.0. The normalized spacial score (nSPS) is 26.8. The van der Waals surface area contributed by atoms with E-state index in [2.05, 4.69) is 25.7 Å². The van der Waals surface area contributed by atoms with Crippen molar-refractivity contribution in [1.82, 2.24) is 4.98 Å². The molecule has 0 unspecified atom stereocenters. The molecule has 0 bridgehead atoms. The number of hydrogen-bond donors (Lipinski definition) is 1. The van der Waals surface area contributed by atoms with Gasteiger partial charge < -0.3 is 10.6 Å². The van der Waals surface area contributed by atoms with Crippen molar-refractivity contribution in [3.63, 3.8) is 0 Å². The number of nitrogens with zero attached hydrogens (tertiary/aromatic N) is 2. The summed E-state index contributed by atoms with van der Waals surface area (Å²) >= 11 is 1.84. The molecule has 0 aromatic carbocycles. The van der Waals surface area contributed by atoms with Crippen molar-refractivity contribution in [1.29, 1.82) is 0 Å². The van der Waals surface area contributed by atoms with E-state index in [1.165, 1.54) is 60.8 Å². The molecule has 0 radical (unpaired) electrons. The van der Waals surface area contributed by atoms with Gasteiger partial charge in [-0.05, 0) is 31.6 Å². The van der Waals surface area contributed by atoms with Gasteiger partial charge in [0.15, 0.2) is 5.13 Å². The molecule has 1 aliphatic heterocycles. The first-order valence-corrected chi connectivity index (χ1v) is 9.29. The highest BCUT2D eigenvalue weighted by atomic mass is 32.1. The van der Waals surface area contributed by atoms with Crippen LogP contribution in [0.5, 0.6) is 0 Å². The highest BCUT2D eigenvalue weighted by molar-refractivity contribution is 7.15. The molecule has 2 N–H and O–H groups in total. The summed E-state index contributed by atoms with van der Waals surface area (Å²) in [5.41, 5.74) is 7.27. The van der Waals surface area contributed by atoms with E-state index >= 15 is 0 Å². The average molecular weight is 308 g/mol. The van der Waals surface area contributed by atoms with E-state index in [-0.39, 0.29) is 5.41 Å². The third-order valence-electron chi connectivity index (χ3n) is 5.07. The Balaban J connectivity index is 1.90. The second-order valence-corrected chi connectivity index (χ2v) is 8.73. The Kier molecular flexibility index (Phi) is 4.28. The number of anilines is 1. The van der Waals surface area contributed by atoms with Crippen LogP contribution in [0.1, 0.15) is 69.9 Å². The van der Waals surface area contributed by atoms with Gasteiger partial charge in [-0.1, -0.05) is 33.6 Å². The molecular formula is C17H29N3S. The first-order valence-electron chi connectivity index (χ1n) is 8.47. The molecule has 1 saturated heterocycles. The Morgan fingerprint density at radius 2 is 1.90 bits per heavy atom. The van der Waals surface area contributed by atoms with Crippen molar-refractivity contribution in [2.24, 2.45) is 11.7 Å². The zero-order valence-corrected chi connectivity index (χ0v) is 14.5. The number of piperidine rings is 1. The molecule has 4 heteroatoms. The topological polar surface area (TPSA) is 42.2 Å². The number of thiazole rings is 1. The maximum atomic E-state index is 5.97. The first kappa shape index (κ1) is 15.3. The summed E-state index contributed by atoms with van der Waals surface area (Å²) in [6, 6.07) is 0.733. The highest BCUT2D eigenvalue weighted by Crippen LogP contribution is 2.41. The Labute approximate surface area is 132 Å². The third kappa shape index (κ3) is 2.98. The first-order chi connectivity index (χ1) is 10.0. The van der Waals surface area contributed by atoms with Crippen LogP contribution in [-0.2, 0) is 12.0 Å². The van der Waals surface area contributed by atoms with Gasteiger partial charge in [0.05, 0.1) is 5.69 Å². The number of fused-ring (bicyclic) bond motifs is 1. The van der Waals surface area contributed by atoms with Gasteiger partial charge in [0.2, 0.25) is 0 Å². The standard InChI is InChI=1S/C17H29N3S/c1-17(2,3)15-14(11-18)21-16(19-15)20-10-6-8-12-7-4-5-9-13(12)20/h12-13H,4-11,18H2,1-3H3/t12-,13-/m1/s1. The zero-order valence-electron chi connectivity index (χ0n) is 13.7. The molecule has 3 rings (SSSR count). The number of hydrogen-bond acceptors (Lipinski definition) is 4. The number of aromatic nitrogens is 1. The lowest BCUT2D eigenvalue weighted by Crippen LogP contribution is -2.46. The van der Waals surface area contributed by atoms with Gasteiger partial charge in [-0.15, -0.1) is 11.3 Å². The van der Waals surface area contributed by atoms with Crippen LogP contribution in [0.15, 0.2) is 0 Å². The number of nitrogens with two attached hydrogens (primary N) is 1. The molecule has 3 nitrogen and oxygen atoms in total. The summed E-state index contributed by atoms with van der Waals surface area (Å²) in [4.78, 5) is 8.92. The maximum Gasteiger partial charge on any atom is 0.186 e. The van der Waals surface area contributed by atoms with Crippen molar-refractivity contribution >= 4 is 16.5 Å². The minimum atomic E-state index is 0.0885. The maximum absolute atomic E-state index is 5.97. The number of rotatable bonds is 2. The fraction of sp³-hybridized carbons (Fsp3) is 0.824. The van der Waals surface area contributed by atoms with Crippen LogP contribution in [0, 0.1) is 5.92 Å². The van der Waals surface area contributed by atoms with Gasteiger partial charge in [-0.3, -0.25) is 0 Å². The minimum absolute atomic E-state index is 0.0885. The molecule has 1 aromatic rings. The van der Waals surface area contributed by atoms with Crippen LogP contribution in [0.25, 0.3) is 0 Å². The summed E-state index contributed by atoms with van der Waals surface area (Å²) in [7, 11) is 0. The monoisotopic (exact) mass is 307 g/mol. The van der Waals surface area contributed by atoms with E-state index in [4.69, 9.17) is 10.7 Å². The summed E-state index contributed by atoms with van der Waals surface area (Å²) in [5.74, 6) is 0.899. The Bertz CT molecular complexity index is 487. The Morgan fingerprint density at radius 1 is 1.19 bits per heavy atom. The molecule has 1 saturated carbocycles. The fourth-order valence-electron chi connectivity index (χ4n) is 4.05. The molecule has 1 aliphatic carbocycles. The molecule has 2 heterocycles. The van der Waals surface area contributed by atoms with Gasteiger partial charge in [0.1, 0.15) is 0 Å². The average Bonchev–Trinajstić information content (AvgIpc) is 2.91. The SMILES string of the molecule is CC(C)(C)c1nc(N2CCC[C@H]3CCCC[C@H]32)sc1CN. The van der Waals surface area contributed by atoms with E-state index in [1.807, 2.05) is 11.3 Å². The molecule has 0 amide bonds. The highest BCUT2D eigenvalue weighted by Gasteiger charge is 2.35. The van der Waals surface area contributed by atoms with Gasteiger partial charge in [-0.2, -0.15) is 0 Å². The molecule has 2 fully saturated rings. The summed E-state index contributed by atoms with van der Waals surface area (Å²) in [6.07, 6.45) is 8.33. The lowest BCUT2D eigenvalue weighted by atomic mass is 9.78. The van der Waals surface area contributed by atoms with Gasteiger partial charge in [-0.25, -0.2) is 4.98 Å². The molecule has 21 heavy (non-hydrogen) atoms. The van der Waals surface area contributed by atoms with E-state index < -0.39 is 0 Å². The molecule has 0 spiro atoms. The summed E-state index contributed by atoms with van der Waals surface area (Å²) in [6.45, 7) is 8.52. The Morgan fingerprint density at radius 3 is 2.57 bits per heavy atom. The molecule has 1 aromatic heterocycles. The van der Waals surface area contributed by atoms with Crippen LogP contribution in [-0.4, -0.2) is 17.6 Å².